The van der Waals surface area contributed by atoms with E-state index in [1.807, 2.05) is 60.7 Å². The number of quaternary nitrogens is 1. The molecule has 0 radical (unpaired) electrons. The van der Waals surface area contributed by atoms with Crippen molar-refractivity contribution in [3.05, 3.63) is 71.8 Å². The van der Waals surface area contributed by atoms with Crippen LogP contribution >= 0.6 is 0 Å². The largest absolute Gasteiger partial charge is 1.00 e. The van der Waals surface area contributed by atoms with E-state index in [2.05, 4.69) is 5.73 Å². The summed E-state index contributed by atoms with van der Waals surface area (Å²) in [5.74, 6) is 0.0543. The van der Waals surface area contributed by atoms with Gasteiger partial charge in [-0.05, 0) is 11.1 Å². The highest BCUT2D eigenvalue weighted by molar-refractivity contribution is 5.26. The van der Waals surface area contributed by atoms with E-state index in [4.69, 9.17) is 0 Å². The second-order valence-electron chi connectivity index (χ2n) is 4.16. The average molecular weight is 264 g/mol. The molecule has 3 heteroatoms. The van der Waals surface area contributed by atoms with Gasteiger partial charge >= 0.3 is 0 Å². The zero-order chi connectivity index (χ0) is 12.1. The van der Waals surface area contributed by atoms with Gasteiger partial charge in [0.2, 0.25) is 0 Å². The molecule has 0 aliphatic rings. The van der Waals surface area contributed by atoms with Gasteiger partial charge in [-0.15, -0.1) is 0 Å². The maximum atomic E-state index is 10.4. The van der Waals surface area contributed by atoms with E-state index in [-0.39, 0.29) is 18.3 Å². The summed E-state index contributed by atoms with van der Waals surface area (Å²) in [5.41, 5.74) is 6.04. The van der Waals surface area contributed by atoms with Crippen molar-refractivity contribution in [1.82, 2.24) is 0 Å². The molecule has 0 amide bonds. The van der Waals surface area contributed by atoms with Crippen molar-refractivity contribution in [2.24, 2.45) is 0 Å². The van der Waals surface area contributed by atoms with Crippen molar-refractivity contribution in [2.45, 2.75) is 12.0 Å². The third-order valence-corrected chi connectivity index (χ3v) is 3.06. The Bertz CT molecular complexity index is 447. The Morgan fingerprint density at radius 1 is 0.833 bits per heavy atom. The molecule has 0 spiro atoms. The number of halogens is 1. The Morgan fingerprint density at radius 2 is 1.28 bits per heavy atom. The molecule has 0 fully saturated rings. The van der Waals surface area contributed by atoms with Crippen molar-refractivity contribution >= 4 is 0 Å². The van der Waals surface area contributed by atoms with Crippen molar-refractivity contribution < 1.29 is 23.2 Å². The molecule has 18 heavy (non-hydrogen) atoms. The van der Waals surface area contributed by atoms with Crippen molar-refractivity contribution in [2.75, 3.05) is 6.54 Å². The highest BCUT2D eigenvalue weighted by Crippen LogP contribution is 2.29. The van der Waals surface area contributed by atoms with Gasteiger partial charge in [-0.2, -0.15) is 0 Å². The first-order chi connectivity index (χ1) is 8.33. The van der Waals surface area contributed by atoms with Crippen LogP contribution in [-0.2, 0) is 0 Å². The maximum absolute atomic E-state index is 10.4. The summed E-state index contributed by atoms with van der Waals surface area (Å²) < 4.78 is 0. The highest BCUT2D eigenvalue weighted by Gasteiger charge is 2.22. The molecule has 0 heterocycles. The molecule has 2 rings (SSSR count). The van der Waals surface area contributed by atoms with Crippen molar-refractivity contribution in [1.29, 1.82) is 0 Å². The number of hydrogen-bond acceptors (Lipinski definition) is 1. The molecular formula is C15H18ClNO. The monoisotopic (exact) mass is 263 g/mol. The van der Waals surface area contributed by atoms with E-state index in [0.29, 0.717) is 6.54 Å². The standard InChI is InChI=1S/C15H17NO.ClH/c16-11-14(12-7-3-1-4-8-12)15(17)13-9-5-2-6-10-13;/h1-10,14-15,17H,11,16H2;1H. The molecule has 2 aromatic carbocycles. The van der Waals surface area contributed by atoms with E-state index >= 15 is 0 Å². The Balaban J connectivity index is 0.00000162. The van der Waals surface area contributed by atoms with Crippen LogP contribution in [0.2, 0.25) is 0 Å². The summed E-state index contributed by atoms with van der Waals surface area (Å²) in [7, 11) is 0. The number of aliphatic hydroxyl groups is 1. The molecule has 2 unspecified atom stereocenters. The Labute approximate surface area is 114 Å². The molecule has 0 bridgehead atoms. The van der Waals surface area contributed by atoms with Crippen molar-refractivity contribution in [3.8, 4) is 0 Å². The zero-order valence-corrected chi connectivity index (χ0v) is 10.9. The lowest BCUT2D eigenvalue weighted by molar-refractivity contribution is -0.376. The molecular weight excluding hydrogens is 246 g/mol. The van der Waals surface area contributed by atoms with Crippen LogP contribution in [-0.4, -0.2) is 11.7 Å². The molecule has 0 aliphatic carbocycles. The van der Waals surface area contributed by atoms with E-state index in [0.717, 1.165) is 11.1 Å². The van der Waals surface area contributed by atoms with Gasteiger partial charge in [0.25, 0.3) is 0 Å². The van der Waals surface area contributed by atoms with Crippen LogP contribution < -0.4 is 18.1 Å². The molecule has 4 N–H and O–H groups in total. The fourth-order valence-electron chi connectivity index (χ4n) is 2.09. The van der Waals surface area contributed by atoms with Gasteiger partial charge in [0.15, 0.2) is 0 Å². The lowest BCUT2D eigenvalue weighted by atomic mass is 9.89. The first kappa shape index (κ1) is 14.7. The molecule has 0 aromatic heterocycles. The van der Waals surface area contributed by atoms with E-state index in [1.165, 1.54) is 0 Å². The van der Waals surface area contributed by atoms with Gasteiger partial charge in [0.05, 0.1) is 18.6 Å². The summed E-state index contributed by atoms with van der Waals surface area (Å²) in [6, 6.07) is 19.8. The minimum Gasteiger partial charge on any atom is -1.00 e. The molecule has 0 saturated carbocycles. The maximum Gasteiger partial charge on any atom is 0.0912 e. The molecule has 0 aliphatic heterocycles. The van der Waals surface area contributed by atoms with Gasteiger partial charge in [0, 0.05) is 0 Å². The molecule has 96 valence electrons. The lowest BCUT2D eigenvalue weighted by Crippen LogP contribution is -3.00. The minimum atomic E-state index is -0.490. The third-order valence-electron chi connectivity index (χ3n) is 3.06. The quantitative estimate of drug-likeness (QED) is 0.712. The fourth-order valence-corrected chi connectivity index (χ4v) is 2.09. The first-order valence-corrected chi connectivity index (χ1v) is 5.90. The summed E-state index contributed by atoms with van der Waals surface area (Å²) in [4.78, 5) is 0. The Kier molecular flexibility index (Phi) is 5.86. The summed E-state index contributed by atoms with van der Waals surface area (Å²) >= 11 is 0. The van der Waals surface area contributed by atoms with E-state index in [9.17, 15) is 5.11 Å². The Hall–Kier alpha value is -1.35. The zero-order valence-electron chi connectivity index (χ0n) is 10.2. The number of rotatable bonds is 4. The summed E-state index contributed by atoms with van der Waals surface area (Å²) in [6.45, 7) is 0.681. The Morgan fingerprint density at radius 3 is 1.72 bits per heavy atom. The lowest BCUT2D eigenvalue weighted by Gasteiger charge is -2.20. The van der Waals surface area contributed by atoms with Crippen LogP contribution in [0.3, 0.4) is 0 Å². The fraction of sp³-hybridized carbons (Fsp3) is 0.200. The summed E-state index contributed by atoms with van der Waals surface area (Å²) in [6.07, 6.45) is -0.490. The predicted octanol–water partition coefficient (Wildman–Crippen LogP) is -1.25. The molecule has 0 saturated heterocycles. The van der Waals surface area contributed by atoms with Crippen LogP contribution in [0.5, 0.6) is 0 Å². The number of hydrogen-bond donors (Lipinski definition) is 2. The third kappa shape index (κ3) is 3.33. The van der Waals surface area contributed by atoms with Crippen molar-refractivity contribution in [3.63, 3.8) is 0 Å². The van der Waals surface area contributed by atoms with E-state index in [1.54, 1.807) is 0 Å². The molecule has 2 nitrogen and oxygen atoms in total. The summed E-state index contributed by atoms with van der Waals surface area (Å²) in [5, 5.41) is 10.4. The van der Waals surface area contributed by atoms with Crippen LogP contribution in [0.1, 0.15) is 23.1 Å². The smallest absolute Gasteiger partial charge is 0.0912 e. The van der Waals surface area contributed by atoms with Crippen LogP contribution in [0, 0.1) is 0 Å². The SMILES string of the molecule is [Cl-].[NH3+]CC(c1ccccc1)C(O)c1ccccc1. The second-order valence-corrected chi connectivity index (χ2v) is 4.16. The van der Waals surface area contributed by atoms with Crippen LogP contribution in [0.4, 0.5) is 0 Å². The predicted molar refractivity (Wildman–Crippen MR) is 68.3 cm³/mol. The average Bonchev–Trinajstić information content (AvgIpc) is 2.42. The van der Waals surface area contributed by atoms with Crippen LogP contribution in [0.25, 0.3) is 0 Å². The number of aliphatic hydroxyl groups excluding tert-OH is 1. The van der Waals surface area contributed by atoms with Gasteiger partial charge in [-0.25, -0.2) is 0 Å². The topological polar surface area (TPSA) is 47.9 Å². The second kappa shape index (κ2) is 7.17. The van der Waals surface area contributed by atoms with Gasteiger partial charge in [0.1, 0.15) is 0 Å². The van der Waals surface area contributed by atoms with Crippen LogP contribution in [0.15, 0.2) is 60.7 Å². The van der Waals surface area contributed by atoms with Gasteiger partial charge < -0.3 is 23.2 Å². The van der Waals surface area contributed by atoms with Gasteiger partial charge in [-0.3, -0.25) is 0 Å². The van der Waals surface area contributed by atoms with Gasteiger partial charge in [-0.1, -0.05) is 60.7 Å². The normalized spacial score (nSPS) is 13.4. The van der Waals surface area contributed by atoms with E-state index < -0.39 is 6.10 Å². The minimum absolute atomic E-state index is 0. The highest BCUT2D eigenvalue weighted by atomic mass is 35.5. The first-order valence-electron chi connectivity index (χ1n) is 5.90. The molecule has 2 aromatic rings. The number of benzene rings is 2. The molecule has 2 atom stereocenters.